The molecule has 0 fully saturated rings. The van der Waals surface area contributed by atoms with Crippen molar-refractivity contribution in [3.8, 4) is 22.5 Å². The second kappa shape index (κ2) is 8.52. The van der Waals surface area contributed by atoms with Crippen molar-refractivity contribution in [1.29, 1.82) is 0 Å². The summed E-state index contributed by atoms with van der Waals surface area (Å²) in [5.74, 6) is -0.331. The Balaban J connectivity index is 1.29. The van der Waals surface area contributed by atoms with E-state index in [0.717, 1.165) is 26.3 Å². The lowest BCUT2D eigenvalue weighted by Gasteiger charge is -2.09. The smallest absolute Gasteiger partial charge is 0.267 e. The summed E-state index contributed by atoms with van der Waals surface area (Å²) in [4.78, 5) is 30.2. The molecule has 0 aliphatic carbocycles. The third-order valence-corrected chi connectivity index (χ3v) is 6.16. The van der Waals surface area contributed by atoms with Gasteiger partial charge >= 0.3 is 0 Å². The minimum absolute atomic E-state index is 0.178. The van der Waals surface area contributed by atoms with Gasteiger partial charge in [-0.1, -0.05) is 40.2 Å². The number of benzene rings is 2. The number of nitrogens with one attached hydrogen (secondary N) is 1. The van der Waals surface area contributed by atoms with Gasteiger partial charge < -0.3 is 5.32 Å². The van der Waals surface area contributed by atoms with Gasteiger partial charge in [-0.05, 0) is 30.3 Å². The number of nitrogens with zero attached hydrogens (tertiary/aromatic N) is 4. The molecule has 9 heteroatoms. The summed E-state index contributed by atoms with van der Waals surface area (Å²) in [6, 6.07) is 18.1. The van der Waals surface area contributed by atoms with Gasteiger partial charge in [-0.3, -0.25) is 14.0 Å². The van der Waals surface area contributed by atoms with E-state index in [9.17, 15) is 9.59 Å². The van der Waals surface area contributed by atoms with E-state index in [-0.39, 0.29) is 18.0 Å². The maximum absolute atomic E-state index is 12.5. The molecule has 0 aliphatic heterocycles. The molecule has 1 N–H and O–H groups in total. The van der Waals surface area contributed by atoms with E-state index in [4.69, 9.17) is 0 Å². The predicted octanol–water partition coefficient (Wildman–Crippen LogP) is 4.69. The molecule has 1 amide bonds. The van der Waals surface area contributed by atoms with Crippen molar-refractivity contribution in [2.45, 2.75) is 6.54 Å². The molecule has 0 aliphatic rings. The van der Waals surface area contributed by atoms with Crippen LogP contribution in [0.3, 0.4) is 0 Å². The molecule has 158 valence electrons. The van der Waals surface area contributed by atoms with Crippen molar-refractivity contribution in [3.05, 3.63) is 93.3 Å². The van der Waals surface area contributed by atoms with E-state index in [1.807, 2.05) is 70.7 Å². The fourth-order valence-electron chi connectivity index (χ4n) is 3.26. The minimum atomic E-state index is -0.337. The van der Waals surface area contributed by atoms with Gasteiger partial charge in [-0.25, -0.2) is 9.67 Å². The number of imidazole rings is 1. The van der Waals surface area contributed by atoms with Gasteiger partial charge in [-0.15, -0.1) is 11.3 Å². The SMILES string of the molecule is O=C(Cn1nc(-c2ccc(Br)cc2)ccc1=O)Nc1ccc(-c2cn3ccsc3n2)cc1. The van der Waals surface area contributed by atoms with Crippen LogP contribution in [-0.2, 0) is 11.3 Å². The lowest BCUT2D eigenvalue weighted by Crippen LogP contribution is -2.29. The van der Waals surface area contributed by atoms with Crippen LogP contribution >= 0.6 is 27.3 Å². The van der Waals surface area contributed by atoms with E-state index < -0.39 is 0 Å². The maximum atomic E-state index is 12.5. The molecule has 0 saturated carbocycles. The summed E-state index contributed by atoms with van der Waals surface area (Å²) in [7, 11) is 0. The number of aromatic nitrogens is 4. The molecule has 2 aromatic carbocycles. The molecule has 0 unspecified atom stereocenters. The Bertz CT molecular complexity index is 1440. The summed E-state index contributed by atoms with van der Waals surface area (Å²) in [6.07, 6.45) is 3.93. The average Bonchev–Trinajstić information content (AvgIpc) is 3.39. The standard InChI is InChI=1S/C23H16BrN5O2S/c24-17-5-1-15(2-6-17)19-9-10-22(31)29(27-19)14-21(30)25-18-7-3-16(4-8-18)20-13-28-11-12-32-23(28)26-20/h1-13H,14H2,(H,25,30). The van der Waals surface area contributed by atoms with Crippen LogP contribution in [0.4, 0.5) is 5.69 Å². The van der Waals surface area contributed by atoms with Crippen molar-refractivity contribution in [2.24, 2.45) is 0 Å². The van der Waals surface area contributed by atoms with E-state index in [0.29, 0.717) is 11.4 Å². The van der Waals surface area contributed by atoms with Crippen LogP contribution in [0.15, 0.2) is 87.7 Å². The highest BCUT2D eigenvalue weighted by Crippen LogP contribution is 2.23. The number of hydrogen-bond acceptors (Lipinski definition) is 5. The highest BCUT2D eigenvalue weighted by atomic mass is 79.9. The number of anilines is 1. The molecule has 5 aromatic rings. The number of amides is 1. The van der Waals surface area contributed by atoms with Crippen molar-refractivity contribution in [1.82, 2.24) is 19.2 Å². The van der Waals surface area contributed by atoms with Gasteiger partial charge in [0.1, 0.15) is 6.54 Å². The Labute approximate surface area is 195 Å². The van der Waals surface area contributed by atoms with Gasteiger partial charge in [0, 0.05) is 45.1 Å². The second-order valence-corrected chi connectivity index (χ2v) is 8.85. The largest absolute Gasteiger partial charge is 0.324 e. The fraction of sp³-hybridized carbons (Fsp3) is 0.0435. The number of hydrogen-bond donors (Lipinski definition) is 1. The van der Waals surface area contributed by atoms with E-state index >= 15 is 0 Å². The Morgan fingerprint density at radius 2 is 1.69 bits per heavy atom. The number of thiazole rings is 1. The van der Waals surface area contributed by atoms with Gasteiger partial charge in [-0.2, -0.15) is 5.10 Å². The molecule has 0 spiro atoms. The average molecular weight is 506 g/mol. The summed E-state index contributed by atoms with van der Waals surface area (Å²) >= 11 is 4.97. The van der Waals surface area contributed by atoms with Gasteiger partial charge in [0.05, 0.1) is 11.4 Å². The van der Waals surface area contributed by atoms with Crippen LogP contribution in [0.25, 0.3) is 27.5 Å². The van der Waals surface area contributed by atoms with Crippen molar-refractivity contribution < 1.29 is 4.79 Å². The van der Waals surface area contributed by atoms with Crippen LogP contribution in [0.5, 0.6) is 0 Å². The first-order valence-electron chi connectivity index (χ1n) is 9.72. The molecule has 3 aromatic heterocycles. The Kier molecular flexibility index (Phi) is 5.42. The monoisotopic (exact) mass is 505 g/mol. The van der Waals surface area contributed by atoms with Crippen LogP contribution in [0.2, 0.25) is 0 Å². The normalized spacial score (nSPS) is 11.0. The molecule has 3 heterocycles. The van der Waals surface area contributed by atoms with E-state index in [1.54, 1.807) is 17.4 Å². The number of fused-ring (bicyclic) bond motifs is 1. The van der Waals surface area contributed by atoms with E-state index in [2.05, 4.69) is 31.3 Å². The van der Waals surface area contributed by atoms with Crippen LogP contribution in [-0.4, -0.2) is 25.1 Å². The van der Waals surface area contributed by atoms with Crippen molar-refractivity contribution in [3.63, 3.8) is 0 Å². The van der Waals surface area contributed by atoms with Crippen molar-refractivity contribution in [2.75, 3.05) is 5.32 Å². The van der Waals surface area contributed by atoms with Crippen LogP contribution in [0, 0.1) is 0 Å². The summed E-state index contributed by atoms with van der Waals surface area (Å²) in [6.45, 7) is -0.178. The van der Waals surface area contributed by atoms with Crippen LogP contribution in [0.1, 0.15) is 0 Å². The molecule has 5 rings (SSSR count). The highest BCUT2D eigenvalue weighted by molar-refractivity contribution is 9.10. The minimum Gasteiger partial charge on any atom is -0.324 e. The van der Waals surface area contributed by atoms with Crippen LogP contribution < -0.4 is 10.9 Å². The molecule has 0 atom stereocenters. The lowest BCUT2D eigenvalue weighted by atomic mass is 10.1. The molecule has 0 radical (unpaired) electrons. The summed E-state index contributed by atoms with van der Waals surface area (Å²) < 4.78 is 4.09. The summed E-state index contributed by atoms with van der Waals surface area (Å²) in [5, 5.41) is 9.14. The first kappa shape index (κ1) is 20.3. The quantitative estimate of drug-likeness (QED) is 0.375. The van der Waals surface area contributed by atoms with Gasteiger partial charge in [0.25, 0.3) is 5.56 Å². The molecule has 32 heavy (non-hydrogen) atoms. The third-order valence-electron chi connectivity index (χ3n) is 4.86. The molecular weight excluding hydrogens is 490 g/mol. The third kappa shape index (κ3) is 4.25. The second-order valence-electron chi connectivity index (χ2n) is 7.07. The number of halogens is 1. The van der Waals surface area contributed by atoms with Gasteiger partial charge in [0.15, 0.2) is 4.96 Å². The first-order valence-corrected chi connectivity index (χ1v) is 11.4. The summed E-state index contributed by atoms with van der Waals surface area (Å²) in [5.41, 5.74) is 3.61. The molecule has 0 bridgehead atoms. The Hall–Kier alpha value is -3.56. The zero-order valence-electron chi connectivity index (χ0n) is 16.6. The van der Waals surface area contributed by atoms with E-state index in [1.165, 1.54) is 10.7 Å². The topological polar surface area (TPSA) is 81.3 Å². The molecule has 0 saturated heterocycles. The zero-order valence-corrected chi connectivity index (χ0v) is 19.0. The van der Waals surface area contributed by atoms with Crippen molar-refractivity contribution >= 4 is 43.8 Å². The molecular formula is C23H16BrN5O2S. The Morgan fingerprint density at radius 1 is 0.969 bits per heavy atom. The first-order chi connectivity index (χ1) is 15.5. The zero-order chi connectivity index (χ0) is 22.1. The van der Waals surface area contributed by atoms with Gasteiger partial charge in [0.2, 0.25) is 5.91 Å². The molecule has 7 nitrogen and oxygen atoms in total. The fourth-order valence-corrected chi connectivity index (χ4v) is 4.23. The highest BCUT2D eigenvalue weighted by Gasteiger charge is 2.10. The Morgan fingerprint density at radius 3 is 2.44 bits per heavy atom. The number of carbonyl (C=O) groups excluding carboxylic acids is 1. The number of carbonyl (C=O) groups is 1. The number of rotatable bonds is 5. The maximum Gasteiger partial charge on any atom is 0.267 e. The lowest BCUT2D eigenvalue weighted by molar-refractivity contribution is -0.117. The predicted molar refractivity (Wildman–Crippen MR) is 129 cm³/mol.